The Morgan fingerprint density at radius 1 is 1.13 bits per heavy atom. The van der Waals surface area contributed by atoms with Crippen molar-refractivity contribution in [2.75, 3.05) is 6.54 Å². The van der Waals surface area contributed by atoms with E-state index in [9.17, 15) is 14.7 Å². The normalized spacial score (nSPS) is 18.0. The van der Waals surface area contributed by atoms with Crippen molar-refractivity contribution in [3.63, 3.8) is 0 Å². The van der Waals surface area contributed by atoms with Crippen molar-refractivity contribution < 1.29 is 19.3 Å². The Morgan fingerprint density at radius 3 is 2.48 bits per heavy atom. The zero-order valence-corrected chi connectivity index (χ0v) is 18.8. The molecule has 0 bridgehead atoms. The number of aromatic nitrogens is 2. The number of benzene rings is 2. The molecule has 2 aromatic carbocycles. The number of halogens is 2. The zero-order valence-electron chi connectivity index (χ0n) is 16.4. The Hall–Kier alpha value is -2.90. The van der Waals surface area contributed by atoms with E-state index in [-0.39, 0.29) is 5.57 Å². The molecule has 4 rings (SSSR count). The number of hydrogen-bond acceptors (Lipinski definition) is 3. The van der Waals surface area contributed by atoms with E-state index in [0.717, 1.165) is 4.47 Å². The predicted octanol–water partition coefficient (Wildman–Crippen LogP) is 3.03. The predicted molar refractivity (Wildman–Crippen MR) is 118 cm³/mol. The smallest absolute Gasteiger partial charge is 0.295 e. The second-order valence-electron chi connectivity index (χ2n) is 7.23. The molecule has 0 aliphatic carbocycles. The van der Waals surface area contributed by atoms with E-state index in [2.05, 4.69) is 20.9 Å². The molecule has 0 saturated carbocycles. The molecule has 31 heavy (non-hydrogen) atoms. The van der Waals surface area contributed by atoms with Crippen LogP contribution in [0.1, 0.15) is 23.6 Å². The second-order valence-corrected chi connectivity index (χ2v) is 8.59. The van der Waals surface area contributed by atoms with Crippen LogP contribution < -0.4 is 9.67 Å². The molecule has 158 valence electrons. The summed E-state index contributed by atoms with van der Waals surface area (Å²) in [6.45, 7) is 1.01. The SMILES string of the molecule is O=C1C(=O)N(CCC[n+]2cc[nH]c2)C(c2ccc(Cl)cc2)C1=C([O-])c1ccc(Br)cc1. The number of likely N-dealkylation sites (tertiary alicyclic amines) is 1. The molecule has 1 amide bonds. The maximum absolute atomic E-state index is 13.3. The largest absolute Gasteiger partial charge is 0.872 e. The highest BCUT2D eigenvalue weighted by Crippen LogP contribution is 2.39. The summed E-state index contributed by atoms with van der Waals surface area (Å²) in [7, 11) is 0. The highest BCUT2D eigenvalue weighted by molar-refractivity contribution is 9.10. The fourth-order valence-electron chi connectivity index (χ4n) is 3.73. The third-order valence-electron chi connectivity index (χ3n) is 5.24. The van der Waals surface area contributed by atoms with E-state index in [1.54, 1.807) is 48.5 Å². The quantitative estimate of drug-likeness (QED) is 0.245. The van der Waals surface area contributed by atoms with Gasteiger partial charge in [0, 0.05) is 28.0 Å². The fraction of sp³-hybridized carbons (Fsp3) is 0.174. The first-order valence-electron chi connectivity index (χ1n) is 9.75. The Kier molecular flexibility index (Phi) is 6.25. The van der Waals surface area contributed by atoms with Crippen molar-refractivity contribution >= 4 is 45.0 Å². The average molecular weight is 501 g/mol. The summed E-state index contributed by atoms with van der Waals surface area (Å²) in [6, 6.07) is 12.9. The van der Waals surface area contributed by atoms with Gasteiger partial charge in [0.2, 0.25) is 12.1 Å². The molecule has 3 aromatic rings. The van der Waals surface area contributed by atoms with Crippen LogP contribution in [-0.4, -0.2) is 28.1 Å². The van der Waals surface area contributed by atoms with Gasteiger partial charge in [-0.2, -0.15) is 0 Å². The molecule has 1 atom stereocenters. The van der Waals surface area contributed by atoms with Gasteiger partial charge in [-0.1, -0.05) is 57.6 Å². The minimum atomic E-state index is -0.748. The van der Waals surface area contributed by atoms with Crippen molar-refractivity contribution in [3.8, 4) is 0 Å². The summed E-state index contributed by atoms with van der Waals surface area (Å²) in [4.78, 5) is 30.3. The number of Topliss-reactive ketones (excluding diaryl/α,β-unsaturated/α-hetero) is 1. The van der Waals surface area contributed by atoms with Crippen molar-refractivity contribution in [1.29, 1.82) is 0 Å². The maximum Gasteiger partial charge on any atom is 0.295 e. The Labute approximate surface area is 192 Å². The highest BCUT2D eigenvalue weighted by Gasteiger charge is 2.43. The number of H-pyrrole nitrogens is 1. The minimum Gasteiger partial charge on any atom is -0.872 e. The fourth-order valence-corrected chi connectivity index (χ4v) is 4.12. The number of imidazole rings is 1. The van der Waals surface area contributed by atoms with Gasteiger partial charge in [0.1, 0.15) is 12.4 Å². The topological polar surface area (TPSA) is 80.1 Å². The summed E-state index contributed by atoms with van der Waals surface area (Å²) in [6.07, 6.45) is 6.15. The molecule has 0 radical (unpaired) electrons. The Balaban J connectivity index is 1.72. The Bertz CT molecular complexity index is 1130. The summed E-state index contributed by atoms with van der Waals surface area (Å²) in [5.41, 5.74) is 1.02. The number of aryl methyl sites for hydroxylation is 1. The zero-order chi connectivity index (χ0) is 22.0. The van der Waals surface area contributed by atoms with Crippen LogP contribution in [-0.2, 0) is 16.1 Å². The molecule has 1 fully saturated rings. The van der Waals surface area contributed by atoms with Gasteiger partial charge < -0.3 is 10.0 Å². The molecule has 1 aliphatic rings. The third-order valence-corrected chi connectivity index (χ3v) is 6.02. The lowest BCUT2D eigenvalue weighted by Crippen LogP contribution is -2.36. The van der Waals surface area contributed by atoms with Gasteiger partial charge in [-0.15, -0.1) is 0 Å². The average Bonchev–Trinajstić information content (AvgIpc) is 3.37. The van der Waals surface area contributed by atoms with E-state index < -0.39 is 23.5 Å². The van der Waals surface area contributed by atoms with Crippen LogP contribution in [0.25, 0.3) is 5.76 Å². The van der Waals surface area contributed by atoms with Crippen LogP contribution in [0.2, 0.25) is 5.02 Å². The molecule has 0 spiro atoms. The van der Waals surface area contributed by atoms with Gasteiger partial charge in [0.05, 0.1) is 12.6 Å². The van der Waals surface area contributed by atoms with Crippen LogP contribution in [0.4, 0.5) is 0 Å². The van der Waals surface area contributed by atoms with Gasteiger partial charge in [-0.3, -0.25) is 14.6 Å². The lowest BCUT2D eigenvalue weighted by Gasteiger charge is -2.27. The van der Waals surface area contributed by atoms with Crippen LogP contribution in [0, 0.1) is 0 Å². The minimum absolute atomic E-state index is 0.0241. The standard InChI is InChI=1S/C23H19BrClN3O3/c24-17-6-2-16(3-7-17)21(29)19-20(15-4-8-18(25)9-5-15)28(23(31)22(19)30)12-1-11-27-13-10-26-14-27/h2-10,13-14,20H,1,11-12H2,(H,29,30). The lowest BCUT2D eigenvalue weighted by atomic mass is 9.95. The monoisotopic (exact) mass is 499 g/mol. The number of amides is 1. The number of hydrogen-bond donors (Lipinski definition) is 1. The number of carbonyl (C=O) groups excluding carboxylic acids is 2. The molecule has 1 unspecified atom stereocenters. The molecule has 1 aromatic heterocycles. The van der Waals surface area contributed by atoms with Crippen LogP contribution >= 0.6 is 27.5 Å². The van der Waals surface area contributed by atoms with Crippen molar-refractivity contribution in [3.05, 3.63) is 93.4 Å². The number of rotatable bonds is 6. The van der Waals surface area contributed by atoms with Gasteiger partial charge in [0.25, 0.3) is 5.91 Å². The number of nitrogens with one attached hydrogen (secondary N) is 1. The first-order chi connectivity index (χ1) is 15.0. The third kappa shape index (κ3) is 4.43. The number of nitrogens with zero attached hydrogens (tertiary/aromatic N) is 2. The molecule has 2 heterocycles. The van der Waals surface area contributed by atoms with E-state index in [4.69, 9.17) is 11.6 Å². The molecule has 1 aliphatic heterocycles. The van der Waals surface area contributed by atoms with Crippen molar-refractivity contribution in [2.24, 2.45) is 0 Å². The summed E-state index contributed by atoms with van der Waals surface area (Å²) < 4.78 is 2.78. The molecule has 6 nitrogen and oxygen atoms in total. The summed E-state index contributed by atoms with van der Waals surface area (Å²) in [5, 5.41) is 13.8. The van der Waals surface area contributed by atoms with E-state index >= 15 is 0 Å². The van der Waals surface area contributed by atoms with Crippen LogP contribution in [0.15, 0.2) is 77.3 Å². The number of carbonyl (C=O) groups is 2. The van der Waals surface area contributed by atoms with Crippen molar-refractivity contribution in [2.45, 2.75) is 19.0 Å². The van der Waals surface area contributed by atoms with Crippen LogP contribution in [0.3, 0.4) is 0 Å². The second kappa shape index (κ2) is 9.08. The van der Waals surface area contributed by atoms with E-state index in [1.807, 2.05) is 23.3 Å². The summed E-state index contributed by atoms with van der Waals surface area (Å²) in [5.74, 6) is -1.84. The maximum atomic E-state index is 13.3. The molecular weight excluding hydrogens is 482 g/mol. The lowest BCUT2D eigenvalue weighted by molar-refractivity contribution is -0.695. The van der Waals surface area contributed by atoms with Crippen LogP contribution in [0.5, 0.6) is 0 Å². The molecular formula is C23H19BrClN3O3. The van der Waals surface area contributed by atoms with Gasteiger partial charge in [-0.05, 0) is 35.4 Å². The van der Waals surface area contributed by atoms with Gasteiger partial charge in [-0.25, -0.2) is 4.57 Å². The van der Waals surface area contributed by atoms with E-state index in [0.29, 0.717) is 35.7 Å². The molecule has 8 heteroatoms. The summed E-state index contributed by atoms with van der Waals surface area (Å²) >= 11 is 9.38. The number of aromatic amines is 1. The highest BCUT2D eigenvalue weighted by atomic mass is 79.9. The molecule has 1 saturated heterocycles. The van der Waals surface area contributed by atoms with Crippen molar-refractivity contribution in [1.82, 2.24) is 9.88 Å². The van der Waals surface area contributed by atoms with Gasteiger partial charge in [0.15, 0.2) is 0 Å². The molecule has 1 N–H and O–H groups in total. The number of ketones is 1. The Morgan fingerprint density at radius 2 is 1.84 bits per heavy atom. The first kappa shape index (κ1) is 21.3. The van der Waals surface area contributed by atoms with Gasteiger partial charge >= 0.3 is 0 Å². The van der Waals surface area contributed by atoms with E-state index in [1.165, 1.54) is 4.90 Å². The first-order valence-corrected chi connectivity index (χ1v) is 10.9.